The molecule has 0 saturated carbocycles. The van der Waals surface area contributed by atoms with Gasteiger partial charge in [-0.25, -0.2) is 4.79 Å². The standard InChI is InChI=1S/C19H15BrN2O2S2/c1-24-18(23)13-11-16(12-7-3-2-4-8-12)26-17(13)22-19(25)21-15-10-6-5-9-14(15)20/h2-11H,1H3,(H2,21,22,25). The third-order valence-electron chi connectivity index (χ3n) is 3.54. The van der Waals surface area contributed by atoms with Gasteiger partial charge in [0.25, 0.3) is 0 Å². The zero-order chi connectivity index (χ0) is 18.5. The fourth-order valence-electron chi connectivity index (χ4n) is 2.31. The molecule has 0 aliphatic heterocycles. The number of rotatable bonds is 4. The normalized spacial score (nSPS) is 10.2. The number of halogens is 1. The Morgan fingerprint density at radius 2 is 1.77 bits per heavy atom. The molecule has 0 saturated heterocycles. The number of thiocarbonyl (C=S) groups is 1. The van der Waals surface area contributed by atoms with E-state index in [4.69, 9.17) is 17.0 Å². The van der Waals surface area contributed by atoms with Gasteiger partial charge in [0.1, 0.15) is 5.00 Å². The molecule has 3 rings (SSSR count). The van der Waals surface area contributed by atoms with Crippen LogP contribution in [0.3, 0.4) is 0 Å². The lowest BCUT2D eigenvalue weighted by Crippen LogP contribution is -2.20. The third-order valence-corrected chi connectivity index (χ3v) is 5.54. The first kappa shape index (κ1) is 18.6. The van der Waals surface area contributed by atoms with Gasteiger partial charge in [-0.05, 0) is 51.9 Å². The lowest BCUT2D eigenvalue weighted by Gasteiger charge is -2.11. The molecule has 0 fully saturated rings. The van der Waals surface area contributed by atoms with Crippen LogP contribution in [0.5, 0.6) is 0 Å². The molecule has 1 aromatic heterocycles. The molecule has 0 aliphatic carbocycles. The molecule has 0 aliphatic rings. The zero-order valence-corrected chi connectivity index (χ0v) is 17.0. The van der Waals surface area contributed by atoms with Crippen LogP contribution in [0.2, 0.25) is 0 Å². The maximum absolute atomic E-state index is 12.1. The summed E-state index contributed by atoms with van der Waals surface area (Å²) in [6.07, 6.45) is 0. The number of carbonyl (C=O) groups is 1. The van der Waals surface area contributed by atoms with Gasteiger partial charge in [-0.15, -0.1) is 11.3 Å². The first-order valence-corrected chi connectivity index (χ1v) is 9.70. The van der Waals surface area contributed by atoms with Crippen molar-refractivity contribution in [2.75, 3.05) is 17.7 Å². The van der Waals surface area contributed by atoms with E-state index >= 15 is 0 Å². The molecule has 3 aromatic rings. The lowest BCUT2D eigenvalue weighted by atomic mass is 10.1. The molecule has 132 valence electrons. The molecule has 0 bridgehead atoms. The number of methoxy groups -OCH3 is 1. The molecule has 4 nitrogen and oxygen atoms in total. The van der Waals surface area contributed by atoms with E-state index < -0.39 is 5.97 Å². The van der Waals surface area contributed by atoms with Crippen LogP contribution in [0.15, 0.2) is 65.1 Å². The number of nitrogens with one attached hydrogen (secondary N) is 2. The Hall–Kier alpha value is -2.22. The fraction of sp³-hybridized carbons (Fsp3) is 0.0526. The summed E-state index contributed by atoms with van der Waals surface area (Å²) >= 11 is 10.3. The Labute approximate surface area is 169 Å². The van der Waals surface area contributed by atoms with Crippen molar-refractivity contribution in [3.05, 3.63) is 70.7 Å². The number of ether oxygens (including phenoxy) is 1. The average molecular weight is 447 g/mol. The molecule has 26 heavy (non-hydrogen) atoms. The van der Waals surface area contributed by atoms with Crippen molar-refractivity contribution in [1.29, 1.82) is 0 Å². The van der Waals surface area contributed by atoms with Gasteiger partial charge in [-0.2, -0.15) is 0 Å². The number of anilines is 2. The smallest absolute Gasteiger partial charge is 0.340 e. The van der Waals surface area contributed by atoms with Gasteiger partial charge in [0.15, 0.2) is 5.11 Å². The summed E-state index contributed by atoms with van der Waals surface area (Å²) in [5, 5.41) is 7.26. The predicted molar refractivity (Wildman–Crippen MR) is 115 cm³/mol. The first-order chi connectivity index (χ1) is 12.6. The zero-order valence-electron chi connectivity index (χ0n) is 13.8. The van der Waals surface area contributed by atoms with Gasteiger partial charge < -0.3 is 15.4 Å². The Morgan fingerprint density at radius 1 is 1.08 bits per heavy atom. The predicted octanol–water partition coefficient (Wildman–Crippen LogP) is 5.77. The number of hydrogen-bond acceptors (Lipinski definition) is 4. The van der Waals surface area contributed by atoms with Gasteiger partial charge >= 0.3 is 5.97 Å². The second-order valence-corrected chi connectivity index (χ2v) is 7.58. The minimum absolute atomic E-state index is 0.392. The van der Waals surface area contributed by atoms with Crippen molar-refractivity contribution >= 4 is 61.3 Å². The van der Waals surface area contributed by atoms with Gasteiger partial charge in [0.2, 0.25) is 0 Å². The summed E-state index contributed by atoms with van der Waals surface area (Å²) in [6, 6.07) is 19.3. The van der Waals surface area contributed by atoms with Crippen molar-refractivity contribution < 1.29 is 9.53 Å². The molecular weight excluding hydrogens is 432 g/mol. The molecule has 7 heteroatoms. The van der Waals surface area contributed by atoms with E-state index in [0.29, 0.717) is 15.7 Å². The van der Waals surface area contributed by atoms with Crippen molar-refractivity contribution in [1.82, 2.24) is 0 Å². The van der Waals surface area contributed by atoms with Gasteiger partial charge in [-0.1, -0.05) is 42.5 Å². The summed E-state index contributed by atoms with van der Waals surface area (Å²) in [5.74, 6) is -0.408. The van der Waals surface area contributed by atoms with E-state index in [0.717, 1.165) is 20.6 Å². The molecule has 2 N–H and O–H groups in total. The van der Waals surface area contributed by atoms with E-state index in [1.54, 1.807) is 0 Å². The quantitative estimate of drug-likeness (QED) is 0.393. The lowest BCUT2D eigenvalue weighted by molar-refractivity contribution is 0.0602. The highest BCUT2D eigenvalue weighted by molar-refractivity contribution is 9.10. The van der Waals surface area contributed by atoms with Crippen LogP contribution in [0, 0.1) is 0 Å². The van der Waals surface area contributed by atoms with Crippen molar-refractivity contribution in [2.24, 2.45) is 0 Å². The molecule has 0 radical (unpaired) electrons. The Balaban J connectivity index is 1.86. The summed E-state index contributed by atoms with van der Waals surface area (Å²) < 4.78 is 5.80. The largest absolute Gasteiger partial charge is 0.465 e. The second-order valence-electron chi connectivity index (χ2n) is 5.27. The molecule has 0 amide bonds. The Kier molecular flexibility index (Phi) is 6.03. The van der Waals surface area contributed by atoms with Crippen LogP contribution >= 0.6 is 39.5 Å². The summed E-state index contributed by atoms with van der Waals surface area (Å²) in [6.45, 7) is 0. The van der Waals surface area contributed by atoms with E-state index in [1.165, 1.54) is 18.4 Å². The number of thiophene rings is 1. The molecular formula is C19H15BrN2O2S2. The average Bonchev–Trinajstić information content (AvgIpc) is 3.07. The molecule has 1 heterocycles. The fourth-order valence-corrected chi connectivity index (χ4v) is 4.03. The number of carbonyl (C=O) groups excluding carboxylic acids is 1. The number of hydrogen-bond donors (Lipinski definition) is 2. The molecule has 2 aromatic carbocycles. The summed E-state index contributed by atoms with van der Waals surface area (Å²) in [5.41, 5.74) is 2.32. The van der Waals surface area contributed by atoms with E-state index in [-0.39, 0.29) is 0 Å². The maximum atomic E-state index is 12.1. The Morgan fingerprint density at radius 3 is 2.46 bits per heavy atom. The minimum Gasteiger partial charge on any atom is -0.465 e. The third kappa shape index (κ3) is 4.30. The molecule has 0 atom stereocenters. The summed E-state index contributed by atoms with van der Waals surface area (Å²) in [7, 11) is 1.36. The van der Waals surface area contributed by atoms with E-state index in [1.807, 2.05) is 60.7 Å². The van der Waals surface area contributed by atoms with Crippen molar-refractivity contribution in [2.45, 2.75) is 0 Å². The highest BCUT2D eigenvalue weighted by Crippen LogP contribution is 2.36. The van der Waals surface area contributed by atoms with Crippen LogP contribution in [0.1, 0.15) is 10.4 Å². The van der Waals surface area contributed by atoms with E-state index in [2.05, 4.69) is 26.6 Å². The van der Waals surface area contributed by atoms with E-state index in [9.17, 15) is 4.79 Å². The van der Waals surface area contributed by atoms with Crippen LogP contribution < -0.4 is 10.6 Å². The van der Waals surface area contributed by atoms with Crippen LogP contribution in [0.4, 0.5) is 10.7 Å². The first-order valence-electron chi connectivity index (χ1n) is 7.68. The van der Waals surface area contributed by atoms with Gasteiger partial charge in [0.05, 0.1) is 18.4 Å². The maximum Gasteiger partial charge on any atom is 0.340 e. The minimum atomic E-state index is -0.408. The van der Waals surface area contributed by atoms with Crippen LogP contribution in [-0.2, 0) is 4.74 Å². The second kappa shape index (κ2) is 8.44. The monoisotopic (exact) mass is 446 g/mol. The number of para-hydroxylation sites is 1. The number of benzene rings is 2. The SMILES string of the molecule is COC(=O)c1cc(-c2ccccc2)sc1NC(=S)Nc1ccccc1Br. The molecule has 0 spiro atoms. The molecule has 0 unspecified atom stereocenters. The summed E-state index contributed by atoms with van der Waals surface area (Å²) in [4.78, 5) is 13.1. The topological polar surface area (TPSA) is 50.4 Å². The van der Waals surface area contributed by atoms with Crippen LogP contribution in [-0.4, -0.2) is 18.2 Å². The highest BCUT2D eigenvalue weighted by atomic mass is 79.9. The number of esters is 1. The van der Waals surface area contributed by atoms with Crippen molar-refractivity contribution in [3.63, 3.8) is 0 Å². The van der Waals surface area contributed by atoms with Gasteiger partial charge in [-0.3, -0.25) is 0 Å². The Bertz CT molecular complexity index is 942. The van der Waals surface area contributed by atoms with Gasteiger partial charge in [0, 0.05) is 9.35 Å². The van der Waals surface area contributed by atoms with Crippen molar-refractivity contribution in [3.8, 4) is 10.4 Å². The highest BCUT2D eigenvalue weighted by Gasteiger charge is 2.18. The van der Waals surface area contributed by atoms with Crippen LogP contribution in [0.25, 0.3) is 10.4 Å².